The van der Waals surface area contributed by atoms with Crippen molar-refractivity contribution in [2.24, 2.45) is 5.92 Å². The first-order chi connectivity index (χ1) is 14.1. The van der Waals surface area contributed by atoms with Crippen molar-refractivity contribution in [2.75, 3.05) is 19.6 Å². The number of rotatable bonds is 8. The molecule has 3 heterocycles. The maximum atomic E-state index is 12.4. The van der Waals surface area contributed by atoms with Gasteiger partial charge in [0.1, 0.15) is 0 Å². The third kappa shape index (κ3) is 4.50. The highest BCUT2D eigenvalue weighted by Gasteiger charge is 2.33. The van der Waals surface area contributed by atoms with E-state index < -0.39 is 0 Å². The van der Waals surface area contributed by atoms with E-state index in [-0.39, 0.29) is 17.7 Å². The van der Waals surface area contributed by atoms with Crippen LogP contribution < -0.4 is 5.32 Å². The molecule has 1 atom stereocenters. The first kappa shape index (κ1) is 19.2. The smallest absolute Gasteiger partial charge is 0.225 e. The summed E-state index contributed by atoms with van der Waals surface area (Å²) >= 11 is 0. The summed E-state index contributed by atoms with van der Waals surface area (Å²) in [7, 11) is 0. The molecule has 0 saturated carbocycles. The molecule has 4 rings (SSSR count). The van der Waals surface area contributed by atoms with E-state index in [2.05, 4.69) is 40.4 Å². The summed E-state index contributed by atoms with van der Waals surface area (Å²) < 4.78 is 1.99. The second-order valence-electron chi connectivity index (χ2n) is 7.80. The molecule has 1 aliphatic heterocycles. The average molecular weight is 393 g/mol. The Morgan fingerprint density at radius 2 is 2.24 bits per heavy atom. The molecule has 0 aliphatic carbocycles. The number of amides is 2. The lowest BCUT2D eigenvalue weighted by Crippen LogP contribution is -2.34. The molecule has 0 bridgehead atoms. The van der Waals surface area contributed by atoms with Crippen molar-refractivity contribution in [2.45, 2.75) is 32.7 Å². The van der Waals surface area contributed by atoms with Crippen molar-refractivity contribution in [3.63, 3.8) is 0 Å². The van der Waals surface area contributed by atoms with E-state index in [1.807, 2.05) is 21.9 Å². The van der Waals surface area contributed by atoms with Crippen molar-refractivity contribution < 1.29 is 9.59 Å². The molecule has 0 unspecified atom stereocenters. The lowest BCUT2D eigenvalue weighted by molar-refractivity contribution is -0.129. The quantitative estimate of drug-likeness (QED) is 0.576. The fraction of sp³-hybridized carbons (Fsp3) is 0.409. The van der Waals surface area contributed by atoms with Gasteiger partial charge >= 0.3 is 0 Å². The van der Waals surface area contributed by atoms with Crippen LogP contribution in [0.2, 0.25) is 0 Å². The van der Waals surface area contributed by atoms with Crippen LogP contribution in [0.15, 0.2) is 43.1 Å². The van der Waals surface area contributed by atoms with E-state index in [4.69, 9.17) is 0 Å². The number of hydrogen-bond donors (Lipinski definition) is 2. The van der Waals surface area contributed by atoms with Gasteiger partial charge in [-0.15, -0.1) is 0 Å². The van der Waals surface area contributed by atoms with E-state index in [0.29, 0.717) is 26.1 Å². The van der Waals surface area contributed by atoms with Crippen LogP contribution >= 0.6 is 0 Å². The molecule has 0 spiro atoms. The van der Waals surface area contributed by atoms with Crippen molar-refractivity contribution in [1.82, 2.24) is 24.8 Å². The van der Waals surface area contributed by atoms with Crippen LogP contribution in [0.5, 0.6) is 0 Å². The molecule has 2 N–H and O–H groups in total. The van der Waals surface area contributed by atoms with Gasteiger partial charge in [-0.05, 0) is 37.5 Å². The van der Waals surface area contributed by atoms with Gasteiger partial charge in [-0.1, -0.05) is 11.6 Å². The lowest BCUT2D eigenvalue weighted by atomic mass is 10.1. The molecule has 1 fully saturated rings. The summed E-state index contributed by atoms with van der Waals surface area (Å²) in [6, 6.07) is 6.35. The Morgan fingerprint density at radius 3 is 3.07 bits per heavy atom. The number of aromatic nitrogens is 3. The number of hydrogen-bond acceptors (Lipinski definition) is 3. The summed E-state index contributed by atoms with van der Waals surface area (Å²) in [6.45, 7) is 4.66. The zero-order chi connectivity index (χ0) is 20.2. The highest BCUT2D eigenvalue weighted by atomic mass is 16.2. The molecule has 152 valence electrons. The highest BCUT2D eigenvalue weighted by molar-refractivity contribution is 5.89. The van der Waals surface area contributed by atoms with Crippen LogP contribution in [0.1, 0.15) is 24.0 Å². The minimum Gasteiger partial charge on any atom is -0.361 e. The Morgan fingerprint density at radius 1 is 1.34 bits per heavy atom. The normalized spacial score (nSPS) is 16.7. The van der Waals surface area contributed by atoms with E-state index in [9.17, 15) is 9.59 Å². The number of nitrogens with one attached hydrogen (secondary N) is 2. The molecular weight excluding hydrogens is 366 g/mol. The maximum absolute atomic E-state index is 12.4. The summed E-state index contributed by atoms with van der Waals surface area (Å²) in [5.41, 5.74) is 3.55. The van der Waals surface area contributed by atoms with Gasteiger partial charge in [-0.25, -0.2) is 4.98 Å². The Bertz CT molecular complexity index is 992. The van der Waals surface area contributed by atoms with Gasteiger partial charge in [0.2, 0.25) is 11.8 Å². The molecule has 3 aromatic rings. The van der Waals surface area contributed by atoms with Gasteiger partial charge in [-0.2, -0.15) is 0 Å². The molecule has 1 saturated heterocycles. The van der Waals surface area contributed by atoms with Crippen LogP contribution in [0, 0.1) is 12.8 Å². The number of carbonyl (C=O) groups excluding carboxylic acids is 2. The van der Waals surface area contributed by atoms with Crippen LogP contribution in [0.3, 0.4) is 0 Å². The number of benzene rings is 1. The van der Waals surface area contributed by atoms with E-state index in [0.717, 1.165) is 24.9 Å². The second-order valence-corrected chi connectivity index (χ2v) is 7.80. The Labute approximate surface area is 170 Å². The maximum Gasteiger partial charge on any atom is 0.225 e. The predicted molar refractivity (Wildman–Crippen MR) is 111 cm³/mol. The van der Waals surface area contributed by atoms with Crippen molar-refractivity contribution in [3.8, 4) is 0 Å². The van der Waals surface area contributed by atoms with E-state index in [1.165, 1.54) is 16.5 Å². The zero-order valence-corrected chi connectivity index (χ0v) is 16.7. The zero-order valence-electron chi connectivity index (χ0n) is 16.7. The molecule has 7 nitrogen and oxygen atoms in total. The monoisotopic (exact) mass is 393 g/mol. The molecule has 1 aromatic carbocycles. The topological polar surface area (TPSA) is 83.0 Å². The molecule has 29 heavy (non-hydrogen) atoms. The number of aryl methyl sites for hydroxylation is 2. The van der Waals surface area contributed by atoms with E-state index in [1.54, 1.807) is 12.5 Å². The van der Waals surface area contributed by atoms with Crippen molar-refractivity contribution in [3.05, 3.63) is 54.2 Å². The Balaban J connectivity index is 1.25. The molecule has 2 amide bonds. The predicted octanol–water partition coefficient (Wildman–Crippen LogP) is 2.27. The molecule has 7 heteroatoms. The number of likely N-dealkylation sites (tertiary alicyclic amines) is 1. The average Bonchev–Trinajstić information content (AvgIpc) is 3.44. The van der Waals surface area contributed by atoms with Gasteiger partial charge in [0.15, 0.2) is 0 Å². The van der Waals surface area contributed by atoms with Crippen molar-refractivity contribution in [1.29, 1.82) is 0 Å². The van der Waals surface area contributed by atoms with Gasteiger partial charge < -0.3 is 19.8 Å². The van der Waals surface area contributed by atoms with Crippen molar-refractivity contribution >= 4 is 22.7 Å². The molecule has 2 aromatic heterocycles. The molecule has 1 aliphatic rings. The van der Waals surface area contributed by atoms with E-state index >= 15 is 0 Å². The van der Waals surface area contributed by atoms with Crippen LogP contribution in [-0.4, -0.2) is 50.9 Å². The largest absolute Gasteiger partial charge is 0.361 e. The SMILES string of the molecule is Cc1ccc2[nH]cc(CCN3C[C@@H](C(=O)NCCCn4ccnc4)CC3=O)c2c1. The number of fused-ring (bicyclic) bond motifs is 1. The van der Waals surface area contributed by atoms with Crippen LogP contribution in [0.4, 0.5) is 0 Å². The minimum absolute atomic E-state index is 0.0193. The minimum atomic E-state index is -0.249. The standard InChI is InChI=1S/C22H27N5O2/c1-16-3-4-20-19(11-16)17(13-25-20)5-9-27-14-18(12-21(27)28)22(29)24-6-2-8-26-10-7-23-15-26/h3-4,7,10-11,13,15,18,25H,2,5-6,8-9,12,14H2,1H3,(H,24,29)/t18-/m0/s1. The lowest BCUT2D eigenvalue weighted by Gasteiger charge is -2.16. The summed E-state index contributed by atoms with van der Waals surface area (Å²) in [5.74, 6) is -0.199. The number of aromatic amines is 1. The highest BCUT2D eigenvalue weighted by Crippen LogP contribution is 2.22. The number of carbonyl (C=O) groups is 2. The first-order valence-electron chi connectivity index (χ1n) is 10.2. The van der Waals surface area contributed by atoms with Gasteiger partial charge in [0.25, 0.3) is 0 Å². The second kappa shape index (κ2) is 8.51. The molecule has 0 radical (unpaired) electrons. The summed E-state index contributed by atoms with van der Waals surface area (Å²) in [6.07, 6.45) is 9.37. The van der Waals surface area contributed by atoms with Gasteiger partial charge in [0, 0.05) is 62.1 Å². The fourth-order valence-corrected chi connectivity index (χ4v) is 3.95. The first-order valence-corrected chi connectivity index (χ1v) is 10.2. The van der Waals surface area contributed by atoms with Gasteiger partial charge in [-0.3, -0.25) is 9.59 Å². The summed E-state index contributed by atoms with van der Waals surface area (Å²) in [4.78, 5) is 33.9. The number of nitrogens with zero attached hydrogens (tertiary/aromatic N) is 3. The summed E-state index contributed by atoms with van der Waals surface area (Å²) in [5, 5.41) is 4.18. The van der Waals surface area contributed by atoms with Gasteiger partial charge in [0.05, 0.1) is 12.2 Å². The van der Waals surface area contributed by atoms with Crippen LogP contribution in [0.25, 0.3) is 10.9 Å². The third-order valence-corrected chi connectivity index (χ3v) is 5.61. The molecular formula is C22H27N5O2. The number of H-pyrrole nitrogens is 1. The number of imidazole rings is 1. The fourth-order valence-electron chi connectivity index (χ4n) is 3.95. The van der Waals surface area contributed by atoms with Crippen LogP contribution in [-0.2, 0) is 22.6 Å². The Kier molecular flexibility index (Phi) is 5.64. The Hall–Kier alpha value is -3.09. The third-order valence-electron chi connectivity index (χ3n) is 5.61.